The van der Waals surface area contributed by atoms with Crippen molar-refractivity contribution in [3.63, 3.8) is 0 Å². The zero-order valence-corrected chi connectivity index (χ0v) is 18.1. The highest BCUT2D eigenvalue weighted by atomic mass is 32.2. The average molecular weight is 429 g/mol. The quantitative estimate of drug-likeness (QED) is 0.541. The maximum atomic E-state index is 13.4. The summed E-state index contributed by atoms with van der Waals surface area (Å²) in [5.41, 5.74) is 1.74. The maximum absolute atomic E-state index is 13.4. The predicted octanol–water partition coefficient (Wildman–Crippen LogP) is 5.10. The third-order valence-electron chi connectivity index (χ3n) is 5.38. The van der Waals surface area contributed by atoms with Crippen LogP contribution in [0, 0.1) is 24.6 Å². The lowest BCUT2D eigenvalue weighted by Crippen LogP contribution is -2.39. The van der Waals surface area contributed by atoms with Crippen LogP contribution in [0.25, 0.3) is 11.5 Å². The van der Waals surface area contributed by atoms with Gasteiger partial charge >= 0.3 is 0 Å². The van der Waals surface area contributed by atoms with Gasteiger partial charge in [0.1, 0.15) is 5.82 Å². The van der Waals surface area contributed by atoms with Crippen LogP contribution in [0.2, 0.25) is 0 Å². The summed E-state index contributed by atoms with van der Waals surface area (Å²) in [5.74, 6) is 0.841. The molecular formula is C23H25FN2O3S. The van der Waals surface area contributed by atoms with Gasteiger partial charge in [-0.1, -0.05) is 31.5 Å². The summed E-state index contributed by atoms with van der Waals surface area (Å²) in [5, 5.41) is -0.119. The van der Waals surface area contributed by atoms with Crippen LogP contribution in [-0.2, 0) is 9.84 Å². The Kier molecular flexibility index (Phi) is 5.40. The van der Waals surface area contributed by atoms with Gasteiger partial charge in [0.25, 0.3) is 0 Å². The number of benzene rings is 2. The zero-order valence-electron chi connectivity index (χ0n) is 17.3. The Bertz CT molecular complexity index is 1150. The van der Waals surface area contributed by atoms with Gasteiger partial charge in [-0.15, -0.1) is 0 Å². The van der Waals surface area contributed by atoms with Gasteiger partial charge in [-0.2, -0.15) is 4.98 Å². The largest absolute Gasteiger partial charge is 0.419 e. The summed E-state index contributed by atoms with van der Waals surface area (Å²) in [6.45, 7) is 7.64. The molecule has 0 radical (unpaired) electrons. The highest BCUT2D eigenvalue weighted by Gasteiger charge is 2.34. The van der Waals surface area contributed by atoms with Crippen molar-refractivity contribution in [2.45, 2.75) is 37.1 Å². The zero-order chi connectivity index (χ0) is 21.5. The van der Waals surface area contributed by atoms with Crippen molar-refractivity contribution in [1.29, 1.82) is 0 Å². The van der Waals surface area contributed by atoms with Crippen molar-refractivity contribution >= 4 is 15.7 Å². The Hall–Kier alpha value is -2.67. The third kappa shape index (κ3) is 3.99. The average Bonchev–Trinajstić information content (AvgIpc) is 3.14. The lowest BCUT2D eigenvalue weighted by Gasteiger charge is -2.34. The molecule has 5 nitrogen and oxygen atoms in total. The molecule has 0 spiro atoms. The van der Waals surface area contributed by atoms with Gasteiger partial charge in [-0.3, -0.25) is 0 Å². The van der Waals surface area contributed by atoms with Crippen LogP contribution in [0.1, 0.15) is 25.8 Å². The summed E-state index contributed by atoms with van der Waals surface area (Å²) in [7, 11) is -3.98. The van der Waals surface area contributed by atoms with E-state index in [1.54, 1.807) is 0 Å². The SMILES string of the molecule is Cc1cccc(-c2nc(S(=O)(=O)c3ccc(F)cc3)c(N3CC(C)CC(C)C3)o2)c1. The normalized spacial score (nSPS) is 19.8. The van der Waals surface area contributed by atoms with Gasteiger partial charge in [0.2, 0.25) is 26.6 Å². The fourth-order valence-corrected chi connectivity index (χ4v) is 5.45. The number of oxazole rings is 1. The number of sulfone groups is 1. The van der Waals surface area contributed by atoms with Gasteiger partial charge in [-0.05, 0) is 61.6 Å². The first-order chi connectivity index (χ1) is 14.2. The van der Waals surface area contributed by atoms with Crippen LogP contribution in [0.5, 0.6) is 0 Å². The number of aromatic nitrogens is 1. The molecule has 1 fully saturated rings. The van der Waals surface area contributed by atoms with Crippen LogP contribution in [0.15, 0.2) is 62.9 Å². The van der Waals surface area contributed by atoms with Crippen molar-refractivity contribution in [2.75, 3.05) is 18.0 Å². The summed E-state index contributed by atoms with van der Waals surface area (Å²) < 4.78 is 46.3. The smallest absolute Gasteiger partial charge is 0.236 e. The first-order valence-corrected chi connectivity index (χ1v) is 11.6. The molecule has 4 rings (SSSR count). The topological polar surface area (TPSA) is 63.4 Å². The van der Waals surface area contributed by atoms with Crippen molar-refractivity contribution in [2.24, 2.45) is 11.8 Å². The van der Waals surface area contributed by atoms with Crippen LogP contribution < -0.4 is 4.90 Å². The number of nitrogens with zero attached hydrogens (tertiary/aromatic N) is 2. The fourth-order valence-electron chi connectivity index (χ4n) is 4.13. The van der Waals surface area contributed by atoms with Crippen molar-refractivity contribution in [1.82, 2.24) is 4.98 Å². The molecule has 30 heavy (non-hydrogen) atoms. The van der Waals surface area contributed by atoms with E-state index < -0.39 is 15.7 Å². The summed E-state index contributed by atoms with van der Waals surface area (Å²) in [6.07, 6.45) is 1.08. The first-order valence-electron chi connectivity index (χ1n) is 10.1. The lowest BCUT2D eigenvalue weighted by molar-refractivity contribution is 0.342. The number of piperidine rings is 1. The summed E-state index contributed by atoms with van der Waals surface area (Å²) >= 11 is 0. The second kappa shape index (κ2) is 7.87. The number of aryl methyl sites for hydroxylation is 1. The molecule has 0 bridgehead atoms. The van der Waals surface area contributed by atoms with Crippen LogP contribution in [-0.4, -0.2) is 26.5 Å². The second-order valence-corrected chi connectivity index (χ2v) is 10.2. The molecule has 0 aliphatic carbocycles. The van der Waals surface area contributed by atoms with E-state index in [1.165, 1.54) is 12.1 Å². The van der Waals surface area contributed by atoms with Gasteiger partial charge in [0.15, 0.2) is 0 Å². The molecule has 158 valence electrons. The Balaban J connectivity index is 1.86. The summed E-state index contributed by atoms with van der Waals surface area (Å²) in [4.78, 5) is 6.39. The Morgan fingerprint density at radius 3 is 2.37 bits per heavy atom. The summed E-state index contributed by atoms with van der Waals surface area (Å²) in [6, 6.07) is 12.4. The molecule has 2 heterocycles. The molecule has 2 atom stereocenters. The third-order valence-corrected chi connectivity index (χ3v) is 7.05. The highest BCUT2D eigenvalue weighted by Crippen LogP contribution is 2.37. The molecular weight excluding hydrogens is 403 g/mol. The molecule has 0 amide bonds. The monoisotopic (exact) mass is 428 g/mol. The van der Waals surface area contributed by atoms with E-state index in [9.17, 15) is 12.8 Å². The second-order valence-electron chi connectivity index (χ2n) is 8.31. The fraction of sp³-hybridized carbons (Fsp3) is 0.348. The molecule has 7 heteroatoms. The molecule has 1 aromatic heterocycles. The van der Waals surface area contributed by atoms with Crippen molar-refractivity contribution in [3.8, 4) is 11.5 Å². The Labute approximate surface area is 176 Å². The molecule has 2 unspecified atom stereocenters. The van der Waals surface area contributed by atoms with Crippen LogP contribution >= 0.6 is 0 Å². The molecule has 1 saturated heterocycles. The van der Waals surface area contributed by atoms with E-state index in [1.807, 2.05) is 36.1 Å². The molecule has 1 aliphatic heterocycles. The number of halogens is 1. The van der Waals surface area contributed by atoms with Crippen LogP contribution in [0.3, 0.4) is 0 Å². The Morgan fingerprint density at radius 2 is 1.73 bits per heavy atom. The van der Waals surface area contributed by atoms with Gasteiger partial charge < -0.3 is 9.32 Å². The number of hydrogen-bond donors (Lipinski definition) is 0. The maximum Gasteiger partial charge on any atom is 0.236 e. The highest BCUT2D eigenvalue weighted by molar-refractivity contribution is 7.91. The number of rotatable bonds is 4. The minimum Gasteiger partial charge on any atom is -0.419 e. The van der Waals surface area contributed by atoms with E-state index in [4.69, 9.17) is 4.42 Å². The van der Waals surface area contributed by atoms with E-state index >= 15 is 0 Å². The van der Waals surface area contributed by atoms with Crippen molar-refractivity contribution < 1.29 is 17.2 Å². The van der Waals surface area contributed by atoms with Gasteiger partial charge in [-0.25, -0.2) is 12.8 Å². The van der Waals surface area contributed by atoms with E-state index in [0.29, 0.717) is 24.9 Å². The van der Waals surface area contributed by atoms with E-state index in [-0.39, 0.29) is 21.7 Å². The minimum atomic E-state index is -3.98. The number of anilines is 1. The lowest BCUT2D eigenvalue weighted by atomic mass is 9.92. The van der Waals surface area contributed by atoms with Crippen molar-refractivity contribution in [3.05, 3.63) is 59.9 Å². The van der Waals surface area contributed by atoms with Gasteiger partial charge in [0, 0.05) is 18.7 Å². The molecule has 2 aromatic carbocycles. The van der Waals surface area contributed by atoms with E-state index in [0.717, 1.165) is 29.7 Å². The van der Waals surface area contributed by atoms with E-state index in [2.05, 4.69) is 18.8 Å². The van der Waals surface area contributed by atoms with Crippen LogP contribution in [0.4, 0.5) is 10.3 Å². The Morgan fingerprint density at radius 1 is 1.07 bits per heavy atom. The molecule has 3 aromatic rings. The molecule has 0 N–H and O–H groups in total. The minimum absolute atomic E-state index is 0.00708. The van der Waals surface area contributed by atoms with Gasteiger partial charge in [0.05, 0.1) is 4.90 Å². The standard InChI is InChI=1S/C23H25FN2O3S/c1-15-5-4-6-18(12-15)21-25-22(30(27,28)20-9-7-19(24)8-10-20)23(29-21)26-13-16(2)11-17(3)14-26/h4-10,12,16-17H,11,13-14H2,1-3H3. The number of hydrogen-bond acceptors (Lipinski definition) is 5. The first kappa shape index (κ1) is 20.6. The predicted molar refractivity (Wildman–Crippen MR) is 114 cm³/mol. The molecule has 1 aliphatic rings. The molecule has 0 saturated carbocycles.